The molecule has 1 aromatic carbocycles. The standard InChI is InChI=1S/C16H24Cl2N2O2/c1-15(2,3)20(14(21)22)16(4,5)10-19-9-11-6-7-12(17)13(18)8-11/h6-8,19H,9-10H2,1-5H3,(H,21,22). The van der Waals surface area contributed by atoms with Gasteiger partial charge in [0.25, 0.3) is 0 Å². The first-order chi connectivity index (χ1) is 9.95. The summed E-state index contributed by atoms with van der Waals surface area (Å²) in [6.45, 7) is 10.6. The van der Waals surface area contributed by atoms with E-state index in [1.165, 1.54) is 4.90 Å². The van der Waals surface area contributed by atoms with Crippen molar-refractivity contribution in [3.05, 3.63) is 33.8 Å². The Bertz CT molecular complexity index is 539. The van der Waals surface area contributed by atoms with Crippen molar-refractivity contribution in [2.24, 2.45) is 0 Å². The van der Waals surface area contributed by atoms with Crippen LogP contribution >= 0.6 is 23.2 Å². The fraction of sp³-hybridized carbons (Fsp3) is 0.562. The lowest BCUT2D eigenvalue weighted by Crippen LogP contribution is -2.60. The van der Waals surface area contributed by atoms with E-state index < -0.39 is 17.2 Å². The Balaban J connectivity index is 2.72. The molecule has 0 aliphatic rings. The second-order valence-corrected chi connectivity index (χ2v) is 7.77. The molecule has 0 fully saturated rings. The van der Waals surface area contributed by atoms with Crippen LogP contribution in [0.5, 0.6) is 0 Å². The highest BCUT2D eigenvalue weighted by atomic mass is 35.5. The summed E-state index contributed by atoms with van der Waals surface area (Å²) >= 11 is 11.9. The molecule has 0 saturated heterocycles. The van der Waals surface area contributed by atoms with Crippen molar-refractivity contribution in [3.63, 3.8) is 0 Å². The van der Waals surface area contributed by atoms with Crippen molar-refractivity contribution in [1.29, 1.82) is 0 Å². The van der Waals surface area contributed by atoms with E-state index in [9.17, 15) is 9.90 Å². The molecule has 1 aromatic rings. The zero-order chi connectivity index (χ0) is 17.1. The first-order valence-electron chi connectivity index (χ1n) is 7.13. The van der Waals surface area contributed by atoms with Gasteiger partial charge in [0.1, 0.15) is 0 Å². The lowest BCUT2D eigenvalue weighted by atomic mass is 9.95. The maximum absolute atomic E-state index is 11.6. The highest BCUT2D eigenvalue weighted by molar-refractivity contribution is 6.42. The molecular formula is C16H24Cl2N2O2. The third kappa shape index (κ3) is 5.04. The normalized spacial score (nSPS) is 12.3. The Morgan fingerprint density at radius 2 is 1.77 bits per heavy atom. The minimum absolute atomic E-state index is 0.472. The number of hydrogen-bond acceptors (Lipinski definition) is 2. The monoisotopic (exact) mass is 346 g/mol. The number of carbonyl (C=O) groups is 1. The molecule has 0 unspecified atom stereocenters. The van der Waals surface area contributed by atoms with Gasteiger partial charge >= 0.3 is 6.09 Å². The number of nitrogens with zero attached hydrogens (tertiary/aromatic N) is 1. The Hall–Kier alpha value is -0.970. The highest BCUT2D eigenvalue weighted by Gasteiger charge is 2.38. The zero-order valence-corrected chi connectivity index (χ0v) is 15.2. The van der Waals surface area contributed by atoms with Crippen molar-refractivity contribution >= 4 is 29.3 Å². The first-order valence-corrected chi connectivity index (χ1v) is 7.88. The molecule has 1 amide bonds. The number of benzene rings is 1. The summed E-state index contributed by atoms with van der Waals surface area (Å²) in [7, 11) is 0. The van der Waals surface area contributed by atoms with Gasteiger partial charge in [0, 0.05) is 18.6 Å². The maximum Gasteiger partial charge on any atom is 0.408 e. The highest BCUT2D eigenvalue weighted by Crippen LogP contribution is 2.25. The summed E-state index contributed by atoms with van der Waals surface area (Å²) in [4.78, 5) is 13.0. The predicted molar refractivity (Wildman–Crippen MR) is 91.9 cm³/mol. The van der Waals surface area contributed by atoms with Crippen LogP contribution in [0.1, 0.15) is 40.2 Å². The number of rotatable bonds is 5. The van der Waals surface area contributed by atoms with Crippen LogP contribution in [0.3, 0.4) is 0 Å². The smallest absolute Gasteiger partial charge is 0.408 e. The number of carboxylic acid groups (broad SMARTS) is 1. The van der Waals surface area contributed by atoms with Crippen molar-refractivity contribution in [3.8, 4) is 0 Å². The van der Waals surface area contributed by atoms with Crippen molar-refractivity contribution in [2.75, 3.05) is 6.54 Å². The van der Waals surface area contributed by atoms with E-state index in [2.05, 4.69) is 5.32 Å². The number of amides is 1. The van der Waals surface area contributed by atoms with E-state index in [1.807, 2.05) is 46.8 Å². The Morgan fingerprint density at radius 3 is 2.23 bits per heavy atom. The molecule has 2 N–H and O–H groups in total. The van der Waals surface area contributed by atoms with E-state index in [0.29, 0.717) is 23.1 Å². The van der Waals surface area contributed by atoms with E-state index in [1.54, 1.807) is 6.07 Å². The van der Waals surface area contributed by atoms with E-state index in [-0.39, 0.29) is 0 Å². The summed E-state index contributed by atoms with van der Waals surface area (Å²) < 4.78 is 0. The van der Waals surface area contributed by atoms with Crippen LogP contribution in [0.4, 0.5) is 4.79 Å². The lowest BCUT2D eigenvalue weighted by molar-refractivity contribution is 0.0332. The molecule has 0 saturated carbocycles. The summed E-state index contributed by atoms with van der Waals surface area (Å²) in [5.41, 5.74) is -0.0104. The van der Waals surface area contributed by atoms with Crippen LogP contribution < -0.4 is 5.32 Å². The van der Waals surface area contributed by atoms with E-state index in [4.69, 9.17) is 23.2 Å². The average molecular weight is 347 g/mol. The molecule has 0 bridgehead atoms. The molecule has 0 spiro atoms. The first kappa shape index (κ1) is 19.1. The van der Waals surface area contributed by atoms with Gasteiger partial charge in [-0.1, -0.05) is 29.3 Å². The predicted octanol–water partition coefficient (Wildman–Crippen LogP) is 4.64. The topological polar surface area (TPSA) is 52.6 Å². The molecule has 22 heavy (non-hydrogen) atoms. The van der Waals surface area contributed by atoms with Gasteiger partial charge in [-0.2, -0.15) is 0 Å². The number of hydrogen-bond donors (Lipinski definition) is 2. The lowest BCUT2D eigenvalue weighted by Gasteiger charge is -2.45. The molecule has 4 nitrogen and oxygen atoms in total. The summed E-state index contributed by atoms with van der Waals surface area (Å²) in [6, 6.07) is 5.46. The average Bonchev–Trinajstić information content (AvgIpc) is 2.30. The van der Waals surface area contributed by atoms with E-state index >= 15 is 0 Å². The van der Waals surface area contributed by atoms with Crippen LogP contribution in [0.25, 0.3) is 0 Å². The molecule has 0 aliphatic heterocycles. The molecule has 0 atom stereocenters. The van der Waals surface area contributed by atoms with Crippen LogP contribution in [-0.4, -0.2) is 33.7 Å². The SMILES string of the molecule is CC(C)(C)N(C(=O)O)C(C)(C)CNCc1ccc(Cl)c(Cl)c1. The fourth-order valence-electron chi connectivity index (χ4n) is 2.70. The molecule has 6 heteroatoms. The maximum atomic E-state index is 11.6. The Morgan fingerprint density at radius 1 is 1.18 bits per heavy atom. The molecule has 124 valence electrons. The van der Waals surface area contributed by atoms with Crippen molar-refractivity contribution in [2.45, 2.75) is 52.2 Å². The van der Waals surface area contributed by atoms with Gasteiger partial charge in [-0.15, -0.1) is 0 Å². The van der Waals surface area contributed by atoms with Crippen LogP contribution in [0, 0.1) is 0 Å². The molecule has 0 aromatic heterocycles. The quantitative estimate of drug-likeness (QED) is 0.816. The molecule has 0 heterocycles. The number of halogens is 2. The van der Waals surface area contributed by atoms with Gasteiger partial charge in [-0.3, -0.25) is 4.90 Å². The summed E-state index contributed by atoms with van der Waals surface area (Å²) in [5.74, 6) is 0. The van der Waals surface area contributed by atoms with Crippen LogP contribution in [0.2, 0.25) is 10.0 Å². The molecule has 0 aliphatic carbocycles. The van der Waals surface area contributed by atoms with Crippen molar-refractivity contribution < 1.29 is 9.90 Å². The third-order valence-corrected chi connectivity index (χ3v) is 4.08. The van der Waals surface area contributed by atoms with Crippen LogP contribution in [0.15, 0.2) is 18.2 Å². The summed E-state index contributed by atoms with van der Waals surface area (Å²) in [5, 5.41) is 13.8. The van der Waals surface area contributed by atoms with Gasteiger partial charge < -0.3 is 10.4 Å². The summed E-state index contributed by atoms with van der Waals surface area (Å²) in [6.07, 6.45) is -0.922. The third-order valence-electron chi connectivity index (χ3n) is 3.34. The van der Waals surface area contributed by atoms with Crippen molar-refractivity contribution in [1.82, 2.24) is 10.2 Å². The van der Waals surface area contributed by atoms with Gasteiger partial charge in [0.05, 0.1) is 15.6 Å². The minimum atomic E-state index is -0.922. The largest absolute Gasteiger partial charge is 0.465 e. The number of nitrogens with one attached hydrogen (secondary N) is 1. The molecule has 0 radical (unpaired) electrons. The van der Waals surface area contributed by atoms with Gasteiger partial charge in [0.15, 0.2) is 0 Å². The second-order valence-electron chi connectivity index (χ2n) is 6.95. The Labute approximate surface area is 142 Å². The van der Waals surface area contributed by atoms with Crippen LogP contribution in [-0.2, 0) is 6.54 Å². The zero-order valence-electron chi connectivity index (χ0n) is 13.7. The fourth-order valence-corrected chi connectivity index (χ4v) is 3.02. The van der Waals surface area contributed by atoms with Gasteiger partial charge in [-0.05, 0) is 52.3 Å². The Kier molecular flexibility index (Phi) is 6.13. The minimum Gasteiger partial charge on any atom is -0.465 e. The molecule has 1 rings (SSSR count). The molecular weight excluding hydrogens is 323 g/mol. The van der Waals surface area contributed by atoms with Gasteiger partial charge in [-0.25, -0.2) is 4.79 Å². The van der Waals surface area contributed by atoms with Gasteiger partial charge in [0.2, 0.25) is 0 Å². The van der Waals surface area contributed by atoms with E-state index in [0.717, 1.165) is 5.56 Å². The second kappa shape index (κ2) is 7.07.